The first-order valence-corrected chi connectivity index (χ1v) is 8.33. The minimum atomic E-state index is -0.118. The van der Waals surface area contributed by atoms with Gasteiger partial charge >= 0.3 is 0 Å². The molecule has 1 aliphatic carbocycles. The normalized spacial score (nSPS) is 18.2. The van der Waals surface area contributed by atoms with Gasteiger partial charge in [-0.1, -0.05) is 44.7 Å². The number of anilines is 1. The summed E-state index contributed by atoms with van der Waals surface area (Å²) in [6.45, 7) is 5.14. The molecule has 0 bridgehead atoms. The molecule has 3 heteroatoms. The highest BCUT2D eigenvalue weighted by atomic mass is 19.1. The minimum Gasteiger partial charge on any atom is -0.372 e. The fourth-order valence-corrected chi connectivity index (χ4v) is 3.61. The minimum absolute atomic E-state index is 0.118. The van der Waals surface area contributed by atoms with E-state index in [9.17, 15) is 4.39 Å². The Hall–Kier alpha value is -1.09. The zero-order chi connectivity index (χ0) is 15.1. The van der Waals surface area contributed by atoms with Crippen molar-refractivity contribution in [2.24, 2.45) is 5.41 Å². The van der Waals surface area contributed by atoms with Gasteiger partial charge in [0.05, 0.1) is 5.69 Å². The number of halogens is 1. The van der Waals surface area contributed by atoms with Crippen LogP contribution in [0.3, 0.4) is 0 Å². The molecule has 0 aliphatic heterocycles. The molecule has 2 rings (SSSR count). The van der Waals surface area contributed by atoms with E-state index < -0.39 is 0 Å². The Kier molecular flexibility index (Phi) is 6.04. The van der Waals surface area contributed by atoms with Crippen LogP contribution in [0.2, 0.25) is 0 Å². The van der Waals surface area contributed by atoms with Crippen molar-refractivity contribution in [3.8, 4) is 0 Å². The van der Waals surface area contributed by atoms with Gasteiger partial charge in [0.1, 0.15) is 5.82 Å². The summed E-state index contributed by atoms with van der Waals surface area (Å²) in [5.41, 5.74) is 1.00. The molecule has 0 heterocycles. The number of rotatable bonds is 6. The summed E-state index contributed by atoms with van der Waals surface area (Å²) in [6.07, 6.45) is 7.79. The largest absolute Gasteiger partial charge is 0.372 e. The molecule has 0 saturated heterocycles. The number of para-hydroxylation sites is 1. The van der Waals surface area contributed by atoms with Crippen molar-refractivity contribution in [1.82, 2.24) is 5.32 Å². The summed E-state index contributed by atoms with van der Waals surface area (Å²) >= 11 is 0. The third-order valence-electron chi connectivity index (χ3n) is 4.75. The van der Waals surface area contributed by atoms with Crippen molar-refractivity contribution in [2.45, 2.75) is 45.4 Å². The molecule has 0 radical (unpaired) electrons. The van der Waals surface area contributed by atoms with Crippen LogP contribution in [0.15, 0.2) is 24.3 Å². The van der Waals surface area contributed by atoms with Gasteiger partial charge in [0, 0.05) is 25.6 Å². The van der Waals surface area contributed by atoms with E-state index in [2.05, 4.69) is 17.1 Å². The van der Waals surface area contributed by atoms with E-state index >= 15 is 0 Å². The van der Waals surface area contributed by atoms with Gasteiger partial charge in [-0.3, -0.25) is 0 Å². The van der Waals surface area contributed by atoms with Crippen molar-refractivity contribution in [3.05, 3.63) is 30.1 Å². The van der Waals surface area contributed by atoms with E-state index in [1.807, 2.05) is 19.2 Å². The second-order valence-electron chi connectivity index (χ2n) is 6.50. The maximum Gasteiger partial charge on any atom is 0.146 e. The molecule has 1 aromatic rings. The highest BCUT2D eigenvalue weighted by molar-refractivity contribution is 5.47. The van der Waals surface area contributed by atoms with Crippen molar-refractivity contribution >= 4 is 5.69 Å². The molecule has 1 N–H and O–H groups in total. The Balaban J connectivity index is 2.11. The lowest BCUT2D eigenvalue weighted by Gasteiger charge is -2.38. The third-order valence-corrected chi connectivity index (χ3v) is 4.75. The van der Waals surface area contributed by atoms with Gasteiger partial charge in [-0.25, -0.2) is 4.39 Å². The molecular weight excluding hydrogens is 263 g/mol. The molecule has 118 valence electrons. The van der Waals surface area contributed by atoms with Crippen LogP contribution in [0.5, 0.6) is 0 Å². The third kappa shape index (κ3) is 4.44. The predicted molar refractivity (Wildman–Crippen MR) is 88.3 cm³/mol. The molecule has 0 atom stereocenters. The molecule has 0 amide bonds. The highest BCUT2D eigenvalue weighted by Crippen LogP contribution is 2.36. The second-order valence-corrected chi connectivity index (χ2v) is 6.50. The zero-order valence-corrected chi connectivity index (χ0v) is 13.5. The van der Waals surface area contributed by atoms with Crippen LogP contribution in [0.25, 0.3) is 0 Å². The molecule has 21 heavy (non-hydrogen) atoms. The van der Waals surface area contributed by atoms with Crippen LogP contribution in [0.4, 0.5) is 10.1 Å². The molecule has 0 unspecified atom stereocenters. The molecule has 1 aromatic carbocycles. The molecular formula is C18H29FN2. The SMILES string of the molecule is CCNCC1(CN(C)c2ccccc2F)CCCCCC1. The first-order chi connectivity index (χ1) is 10.2. The van der Waals surface area contributed by atoms with Gasteiger partial charge in [-0.15, -0.1) is 0 Å². The molecule has 1 fully saturated rings. The predicted octanol–water partition coefficient (Wildman–Crippen LogP) is 4.21. The second kappa shape index (κ2) is 7.79. The van der Waals surface area contributed by atoms with Crippen LogP contribution in [0.1, 0.15) is 45.4 Å². The van der Waals surface area contributed by atoms with Gasteiger partial charge in [0.2, 0.25) is 0 Å². The van der Waals surface area contributed by atoms with E-state index in [0.29, 0.717) is 0 Å². The number of nitrogens with one attached hydrogen (secondary N) is 1. The summed E-state index contributed by atoms with van der Waals surface area (Å²) in [6, 6.07) is 7.11. The summed E-state index contributed by atoms with van der Waals surface area (Å²) in [4.78, 5) is 2.11. The van der Waals surface area contributed by atoms with Crippen molar-refractivity contribution in [2.75, 3.05) is 31.6 Å². The monoisotopic (exact) mass is 292 g/mol. The fourth-order valence-electron chi connectivity index (χ4n) is 3.61. The summed E-state index contributed by atoms with van der Waals surface area (Å²) < 4.78 is 14.0. The number of hydrogen-bond donors (Lipinski definition) is 1. The lowest BCUT2D eigenvalue weighted by Crippen LogP contribution is -2.43. The van der Waals surface area contributed by atoms with E-state index in [4.69, 9.17) is 0 Å². The first-order valence-electron chi connectivity index (χ1n) is 8.33. The van der Waals surface area contributed by atoms with Crippen LogP contribution in [-0.4, -0.2) is 26.7 Å². The summed E-state index contributed by atoms with van der Waals surface area (Å²) in [5.74, 6) is -0.118. The van der Waals surface area contributed by atoms with Gasteiger partial charge in [-0.2, -0.15) is 0 Å². The maximum atomic E-state index is 14.0. The van der Waals surface area contributed by atoms with Crippen molar-refractivity contribution < 1.29 is 4.39 Å². The lowest BCUT2D eigenvalue weighted by molar-refractivity contribution is 0.240. The average Bonchev–Trinajstić information content (AvgIpc) is 2.71. The Morgan fingerprint density at radius 2 is 1.81 bits per heavy atom. The van der Waals surface area contributed by atoms with E-state index in [1.54, 1.807) is 12.1 Å². The van der Waals surface area contributed by atoms with Crippen LogP contribution in [-0.2, 0) is 0 Å². The lowest BCUT2D eigenvalue weighted by atomic mass is 9.79. The van der Waals surface area contributed by atoms with E-state index in [0.717, 1.165) is 25.3 Å². The number of hydrogen-bond acceptors (Lipinski definition) is 2. The van der Waals surface area contributed by atoms with E-state index in [1.165, 1.54) is 38.5 Å². The fraction of sp³-hybridized carbons (Fsp3) is 0.667. The maximum absolute atomic E-state index is 14.0. The molecule has 2 nitrogen and oxygen atoms in total. The summed E-state index contributed by atoms with van der Waals surface area (Å²) in [5, 5.41) is 3.54. The van der Waals surface area contributed by atoms with Crippen LogP contribution in [0, 0.1) is 11.2 Å². The van der Waals surface area contributed by atoms with Crippen LogP contribution < -0.4 is 10.2 Å². The molecule has 1 aliphatic rings. The topological polar surface area (TPSA) is 15.3 Å². The Morgan fingerprint density at radius 3 is 2.43 bits per heavy atom. The molecule has 0 spiro atoms. The Morgan fingerprint density at radius 1 is 1.14 bits per heavy atom. The van der Waals surface area contributed by atoms with Gasteiger partial charge in [0.25, 0.3) is 0 Å². The quantitative estimate of drug-likeness (QED) is 0.790. The standard InChI is InChI=1S/C18H29FN2/c1-3-20-14-18(12-8-4-5-9-13-18)15-21(2)17-11-7-6-10-16(17)19/h6-7,10-11,20H,3-5,8-9,12-15H2,1-2H3. The number of nitrogens with zero attached hydrogens (tertiary/aromatic N) is 1. The van der Waals surface area contributed by atoms with Gasteiger partial charge in [0.15, 0.2) is 0 Å². The van der Waals surface area contributed by atoms with E-state index in [-0.39, 0.29) is 11.2 Å². The zero-order valence-electron chi connectivity index (χ0n) is 13.5. The smallest absolute Gasteiger partial charge is 0.146 e. The van der Waals surface area contributed by atoms with Gasteiger partial charge < -0.3 is 10.2 Å². The van der Waals surface area contributed by atoms with Crippen LogP contribution >= 0.6 is 0 Å². The average molecular weight is 292 g/mol. The first kappa shape index (κ1) is 16.3. The Labute approximate surface area is 128 Å². The molecule has 0 aromatic heterocycles. The molecule has 1 saturated carbocycles. The van der Waals surface area contributed by atoms with Crippen molar-refractivity contribution in [3.63, 3.8) is 0 Å². The Bertz CT molecular complexity index is 425. The summed E-state index contributed by atoms with van der Waals surface area (Å²) in [7, 11) is 2.02. The number of benzene rings is 1. The highest BCUT2D eigenvalue weighted by Gasteiger charge is 2.32. The van der Waals surface area contributed by atoms with Crippen molar-refractivity contribution in [1.29, 1.82) is 0 Å². The van der Waals surface area contributed by atoms with Gasteiger partial charge in [-0.05, 0) is 31.5 Å².